The summed E-state index contributed by atoms with van der Waals surface area (Å²) in [6, 6.07) is 11.2. The van der Waals surface area contributed by atoms with Crippen molar-refractivity contribution in [3.8, 4) is 0 Å². The topological polar surface area (TPSA) is 68.3 Å². The second kappa shape index (κ2) is 9.30. The van der Waals surface area contributed by atoms with Gasteiger partial charge in [-0.1, -0.05) is 29.3 Å². The molecule has 1 aromatic carbocycles. The highest BCUT2D eigenvalue weighted by Crippen LogP contribution is 2.17. The molecule has 0 radical (unpaired) electrons. The summed E-state index contributed by atoms with van der Waals surface area (Å²) in [6.07, 6.45) is 1.31. The number of ether oxygens (including phenoxy) is 1. The molecule has 1 aromatic heterocycles. The number of hydrogen-bond donors (Lipinski definition) is 1. The van der Waals surface area contributed by atoms with Gasteiger partial charge in [0.25, 0.3) is 5.91 Å². The maximum atomic E-state index is 11.7. The quantitative estimate of drug-likeness (QED) is 0.354. The van der Waals surface area contributed by atoms with Gasteiger partial charge < -0.3 is 10.1 Å². The van der Waals surface area contributed by atoms with Crippen LogP contribution in [-0.2, 0) is 9.53 Å². The average Bonchev–Trinajstić information content (AvgIpc) is 2.59. The number of benzene rings is 1. The summed E-state index contributed by atoms with van der Waals surface area (Å²) >= 11 is 7.29. The standard InChI is InChI=1S/C17H17ClN2O3S/c1-12-2-5-14(6-3-12)24-9-8-19-16(21)11-23-17(22)13-4-7-15(18)20-10-13/h2-7,10H,8-9,11H2,1H3,(H,19,21). The van der Waals surface area contributed by atoms with Crippen LogP contribution in [0.15, 0.2) is 47.5 Å². The van der Waals surface area contributed by atoms with Crippen LogP contribution in [0.3, 0.4) is 0 Å². The predicted molar refractivity (Wildman–Crippen MR) is 94.4 cm³/mol. The number of aromatic nitrogens is 1. The molecule has 5 nitrogen and oxygen atoms in total. The van der Waals surface area contributed by atoms with E-state index in [1.165, 1.54) is 23.9 Å². The average molecular weight is 365 g/mol. The van der Waals surface area contributed by atoms with Crippen molar-refractivity contribution in [1.29, 1.82) is 0 Å². The molecule has 0 atom stereocenters. The molecule has 0 spiro atoms. The number of amides is 1. The lowest BCUT2D eigenvalue weighted by Crippen LogP contribution is -2.30. The third kappa shape index (κ3) is 6.22. The number of esters is 1. The van der Waals surface area contributed by atoms with Crippen molar-refractivity contribution >= 4 is 35.2 Å². The van der Waals surface area contributed by atoms with Crippen LogP contribution in [0, 0.1) is 6.92 Å². The first-order valence-electron chi connectivity index (χ1n) is 7.29. The van der Waals surface area contributed by atoms with Gasteiger partial charge in [-0.05, 0) is 31.2 Å². The molecule has 1 amide bonds. The number of nitrogens with zero attached hydrogens (tertiary/aromatic N) is 1. The van der Waals surface area contributed by atoms with Crippen molar-refractivity contribution in [2.45, 2.75) is 11.8 Å². The zero-order valence-electron chi connectivity index (χ0n) is 13.1. The van der Waals surface area contributed by atoms with Crippen LogP contribution >= 0.6 is 23.4 Å². The van der Waals surface area contributed by atoms with Gasteiger partial charge in [0.05, 0.1) is 5.56 Å². The number of halogens is 1. The van der Waals surface area contributed by atoms with Gasteiger partial charge in [-0.15, -0.1) is 11.8 Å². The minimum Gasteiger partial charge on any atom is -0.452 e. The highest BCUT2D eigenvalue weighted by molar-refractivity contribution is 7.99. The number of carbonyl (C=O) groups excluding carboxylic acids is 2. The largest absolute Gasteiger partial charge is 0.452 e. The number of aryl methyl sites for hydroxylation is 1. The summed E-state index contributed by atoms with van der Waals surface area (Å²) in [5, 5.41) is 2.99. The lowest BCUT2D eigenvalue weighted by atomic mass is 10.2. The summed E-state index contributed by atoms with van der Waals surface area (Å²) in [4.78, 5) is 28.3. The van der Waals surface area contributed by atoms with E-state index in [1.54, 1.807) is 11.8 Å². The van der Waals surface area contributed by atoms with E-state index in [0.29, 0.717) is 6.54 Å². The Labute approximate surface area is 149 Å². The van der Waals surface area contributed by atoms with Crippen LogP contribution < -0.4 is 5.32 Å². The zero-order chi connectivity index (χ0) is 17.4. The van der Waals surface area contributed by atoms with Gasteiger partial charge in [0.2, 0.25) is 0 Å². The molecule has 0 unspecified atom stereocenters. The molecule has 1 N–H and O–H groups in total. The van der Waals surface area contributed by atoms with Gasteiger partial charge in [0, 0.05) is 23.4 Å². The van der Waals surface area contributed by atoms with Crippen LogP contribution in [-0.4, -0.2) is 35.8 Å². The second-order valence-electron chi connectivity index (χ2n) is 4.96. The summed E-state index contributed by atoms with van der Waals surface area (Å²) in [7, 11) is 0. The first-order chi connectivity index (χ1) is 11.5. The number of rotatable bonds is 7. The fourth-order valence-electron chi connectivity index (χ4n) is 1.76. The van der Waals surface area contributed by atoms with Crippen LogP contribution in [0.4, 0.5) is 0 Å². The van der Waals surface area contributed by atoms with E-state index in [9.17, 15) is 9.59 Å². The minimum atomic E-state index is -0.608. The molecule has 0 bridgehead atoms. The molecule has 7 heteroatoms. The zero-order valence-corrected chi connectivity index (χ0v) is 14.7. The molecule has 2 rings (SSSR count). The molecule has 1 heterocycles. The number of thioether (sulfide) groups is 1. The summed E-state index contributed by atoms with van der Waals surface area (Å²) in [5.41, 5.74) is 1.47. The van der Waals surface area contributed by atoms with Crippen molar-refractivity contribution in [1.82, 2.24) is 10.3 Å². The Morgan fingerprint density at radius 2 is 1.96 bits per heavy atom. The molecular weight excluding hydrogens is 348 g/mol. The summed E-state index contributed by atoms with van der Waals surface area (Å²) < 4.78 is 4.92. The van der Waals surface area contributed by atoms with Gasteiger partial charge in [0.1, 0.15) is 5.15 Å². The highest BCUT2D eigenvalue weighted by atomic mass is 35.5. The van der Waals surface area contributed by atoms with Crippen molar-refractivity contribution < 1.29 is 14.3 Å². The van der Waals surface area contributed by atoms with Crippen molar-refractivity contribution in [3.63, 3.8) is 0 Å². The second-order valence-corrected chi connectivity index (χ2v) is 6.51. The summed E-state index contributed by atoms with van der Waals surface area (Å²) in [5.74, 6) is -0.206. The molecule has 2 aromatic rings. The lowest BCUT2D eigenvalue weighted by Gasteiger charge is -2.07. The SMILES string of the molecule is Cc1ccc(SCCNC(=O)COC(=O)c2ccc(Cl)nc2)cc1. The first-order valence-corrected chi connectivity index (χ1v) is 8.66. The maximum absolute atomic E-state index is 11.7. The Balaban J connectivity index is 1.63. The van der Waals surface area contributed by atoms with Gasteiger partial charge in [-0.3, -0.25) is 4.79 Å². The van der Waals surface area contributed by atoms with E-state index in [2.05, 4.69) is 10.3 Å². The van der Waals surface area contributed by atoms with E-state index in [0.717, 1.165) is 10.6 Å². The van der Waals surface area contributed by atoms with E-state index in [4.69, 9.17) is 16.3 Å². The van der Waals surface area contributed by atoms with E-state index >= 15 is 0 Å². The molecule has 126 valence electrons. The lowest BCUT2D eigenvalue weighted by molar-refractivity contribution is -0.124. The van der Waals surface area contributed by atoms with E-state index in [-0.39, 0.29) is 23.2 Å². The predicted octanol–water partition coefficient (Wildman–Crippen LogP) is 3.11. The van der Waals surface area contributed by atoms with Gasteiger partial charge in [-0.25, -0.2) is 9.78 Å². The van der Waals surface area contributed by atoms with Gasteiger partial charge >= 0.3 is 5.97 Å². The molecule has 0 aliphatic rings. The number of nitrogens with one attached hydrogen (secondary N) is 1. The fraction of sp³-hybridized carbons (Fsp3) is 0.235. The number of hydrogen-bond acceptors (Lipinski definition) is 5. The third-order valence-electron chi connectivity index (χ3n) is 3.01. The molecule has 0 aliphatic heterocycles. The normalized spacial score (nSPS) is 10.2. The monoisotopic (exact) mass is 364 g/mol. The first kappa shape index (κ1) is 18.3. The number of pyridine rings is 1. The maximum Gasteiger partial charge on any atom is 0.340 e. The molecule has 0 saturated carbocycles. The fourth-order valence-corrected chi connectivity index (χ4v) is 2.64. The minimum absolute atomic E-state index is 0.252. The van der Waals surface area contributed by atoms with Crippen molar-refractivity contribution in [2.75, 3.05) is 18.9 Å². The third-order valence-corrected chi connectivity index (χ3v) is 4.25. The number of carbonyl (C=O) groups is 2. The smallest absolute Gasteiger partial charge is 0.340 e. The van der Waals surface area contributed by atoms with Crippen LogP contribution in [0.5, 0.6) is 0 Å². The van der Waals surface area contributed by atoms with Crippen molar-refractivity contribution in [3.05, 3.63) is 58.9 Å². The Morgan fingerprint density at radius 1 is 1.21 bits per heavy atom. The Bertz CT molecular complexity index is 690. The van der Waals surface area contributed by atoms with Crippen LogP contribution in [0.1, 0.15) is 15.9 Å². The molecule has 24 heavy (non-hydrogen) atoms. The van der Waals surface area contributed by atoms with E-state index in [1.807, 2.05) is 31.2 Å². The van der Waals surface area contributed by atoms with Crippen molar-refractivity contribution in [2.24, 2.45) is 0 Å². The Morgan fingerprint density at radius 3 is 2.62 bits per heavy atom. The molecule has 0 saturated heterocycles. The van der Waals surface area contributed by atoms with Crippen LogP contribution in [0.25, 0.3) is 0 Å². The molecular formula is C17H17ClN2O3S. The Hall–Kier alpha value is -2.05. The van der Waals surface area contributed by atoms with Crippen LogP contribution in [0.2, 0.25) is 5.15 Å². The summed E-state index contributed by atoms with van der Waals surface area (Å²) in [6.45, 7) is 2.21. The Kier molecular flexibility index (Phi) is 7.08. The van der Waals surface area contributed by atoms with Gasteiger partial charge in [-0.2, -0.15) is 0 Å². The molecule has 0 fully saturated rings. The van der Waals surface area contributed by atoms with Gasteiger partial charge in [0.15, 0.2) is 6.61 Å². The highest BCUT2D eigenvalue weighted by Gasteiger charge is 2.10. The van der Waals surface area contributed by atoms with E-state index < -0.39 is 5.97 Å². The molecule has 0 aliphatic carbocycles.